The molecule has 1 aromatic heterocycles. The molecule has 1 aromatic carbocycles. The first-order valence-corrected chi connectivity index (χ1v) is 6.02. The highest BCUT2D eigenvalue weighted by Crippen LogP contribution is 2.32. The molecule has 3 rings (SSSR count). The summed E-state index contributed by atoms with van der Waals surface area (Å²) in [4.78, 5) is 4.39. The Morgan fingerprint density at radius 2 is 2.33 bits per heavy atom. The zero-order chi connectivity index (χ0) is 12.4. The number of hydrogen-bond donors (Lipinski definition) is 1. The van der Waals surface area contributed by atoms with E-state index in [1.54, 1.807) is 7.11 Å². The molecule has 0 amide bonds. The van der Waals surface area contributed by atoms with Gasteiger partial charge in [-0.25, -0.2) is 0 Å². The molecule has 94 valence electrons. The smallest absolute Gasteiger partial charge is 0.249 e. The van der Waals surface area contributed by atoms with Gasteiger partial charge in [0.1, 0.15) is 6.04 Å². The molecule has 1 aliphatic rings. The van der Waals surface area contributed by atoms with E-state index in [1.165, 1.54) is 5.56 Å². The van der Waals surface area contributed by atoms with Gasteiger partial charge in [0.05, 0.1) is 6.61 Å². The Bertz CT molecular complexity index is 514. The molecule has 0 saturated heterocycles. The third-order valence-corrected chi connectivity index (χ3v) is 3.08. The van der Waals surface area contributed by atoms with E-state index in [1.807, 2.05) is 12.1 Å². The minimum Gasteiger partial charge on any atom is -0.384 e. The highest BCUT2D eigenvalue weighted by molar-refractivity contribution is 5.56. The minimum absolute atomic E-state index is 0.0891. The molecule has 2 heterocycles. The third-order valence-electron chi connectivity index (χ3n) is 3.08. The third kappa shape index (κ3) is 2.09. The van der Waals surface area contributed by atoms with Crippen LogP contribution in [0.25, 0.3) is 0 Å². The average Bonchev–Trinajstić information content (AvgIpc) is 3.02. The summed E-state index contributed by atoms with van der Waals surface area (Å²) in [7, 11) is 1.66. The molecule has 18 heavy (non-hydrogen) atoms. The van der Waals surface area contributed by atoms with Gasteiger partial charge >= 0.3 is 0 Å². The van der Waals surface area contributed by atoms with Gasteiger partial charge in [0.2, 0.25) is 5.89 Å². The van der Waals surface area contributed by atoms with Crippen LogP contribution < -0.4 is 5.32 Å². The number of nitrogens with zero attached hydrogens (tertiary/aromatic N) is 2. The molecule has 0 saturated carbocycles. The Morgan fingerprint density at radius 3 is 3.17 bits per heavy atom. The number of ether oxygens (including phenoxy) is 1. The molecule has 5 heteroatoms. The second-order valence-electron chi connectivity index (χ2n) is 4.35. The quantitative estimate of drug-likeness (QED) is 0.892. The van der Waals surface area contributed by atoms with Gasteiger partial charge in [-0.3, -0.25) is 0 Å². The van der Waals surface area contributed by atoms with Crippen molar-refractivity contribution in [3.63, 3.8) is 0 Å². The van der Waals surface area contributed by atoms with Crippen molar-refractivity contribution < 1.29 is 9.26 Å². The molecule has 1 N–H and O–H groups in total. The lowest BCUT2D eigenvalue weighted by Gasteiger charge is -2.04. The molecule has 0 bridgehead atoms. The number of benzene rings is 1. The van der Waals surface area contributed by atoms with Gasteiger partial charge in [0, 0.05) is 25.6 Å². The first-order valence-electron chi connectivity index (χ1n) is 6.02. The second kappa shape index (κ2) is 4.78. The Balaban J connectivity index is 1.72. The molecule has 1 atom stereocenters. The van der Waals surface area contributed by atoms with Crippen LogP contribution in [-0.2, 0) is 17.6 Å². The number of aromatic nitrogens is 2. The van der Waals surface area contributed by atoms with Gasteiger partial charge in [-0.05, 0) is 11.6 Å². The van der Waals surface area contributed by atoms with Crippen LogP contribution in [-0.4, -0.2) is 23.9 Å². The van der Waals surface area contributed by atoms with Crippen molar-refractivity contribution in [2.75, 3.05) is 19.0 Å². The summed E-state index contributed by atoms with van der Waals surface area (Å²) < 4.78 is 10.3. The van der Waals surface area contributed by atoms with Gasteiger partial charge in [-0.15, -0.1) is 0 Å². The maximum atomic E-state index is 5.30. The minimum atomic E-state index is 0.0891. The van der Waals surface area contributed by atoms with E-state index in [-0.39, 0.29) is 6.04 Å². The molecule has 1 aliphatic heterocycles. The summed E-state index contributed by atoms with van der Waals surface area (Å²) in [5.41, 5.74) is 2.44. The normalized spacial score (nSPS) is 17.5. The van der Waals surface area contributed by atoms with Crippen LogP contribution >= 0.6 is 0 Å². The second-order valence-corrected chi connectivity index (χ2v) is 4.35. The number of hydrogen-bond acceptors (Lipinski definition) is 5. The number of fused-ring (bicyclic) bond motifs is 1. The van der Waals surface area contributed by atoms with E-state index in [0.29, 0.717) is 24.7 Å². The zero-order valence-electron chi connectivity index (χ0n) is 10.2. The van der Waals surface area contributed by atoms with Crippen LogP contribution in [0.3, 0.4) is 0 Å². The fraction of sp³-hybridized carbons (Fsp3) is 0.385. The van der Waals surface area contributed by atoms with E-state index in [9.17, 15) is 0 Å². The number of anilines is 1. The van der Waals surface area contributed by atoms with Gasteiger partial charge in [0.15, 0.2) is 5.82 Å². The molecule has 0 fully saturated rings. The van der Waals surface area contributed by atoms with Gasteiger partial charge in [0.25, 0.3) is 0 Å². The van der Waals surface area contributed by atoms with Gasteiger partial charge in [-0.2, -0.15) is 4.98 Å². The Kier molecular flexibility index (Phi) is 2.98. The van der Waals surface area contributed by atoms with Crippen molar-refractivity contribution in [2.45, 2.75) is 18.9 Å². The fourth-order valence-corrected chi connectivity index (χ4v) is 2.15. The molecular weight excluding hydrogens is 230 g/mol. The van der Waals surface area contributed by atoms with E-state index >= 15 is 0 Å². The molecule has 5 nitrogen and oxygen atoms in total. The summed E-state index contributed by atoms with van der Waals surface area (Å²) in [6.45, 7) is 0.608. The average molecular weight is 245 g/mol. The molecule has 0 radical (unpaired) electrons. The summed E-state index contributed by atoms with van der Waals surface area (Å²) in [5, 5.41) is 7.35. The van der Waals surface area contributed by atoms with Crippen LogP contribution in [0.1, 0.15) is 23.3 Å². The highest BCUT2D eigenvalue weighted by Gasteiger charge is 2.26. The molecular formula is C13H15N3O2. The van der Waals surface area contributed by atoms with E-state index in [4.69, 9.17) is 9.26 Å². The van der Waals surface area contributed by atoms with Gasteiger partial charge < -0.3 is 14.6 Å². The van der Waals surface area contributed by atoms with E-state index in [0.717, 1.165) is 12.1 Å². The monoisotopic (exact) mass is 245 g/mol. The van der Waals surface area contributed by atoms with Crippen molar-refractivity contribution in [1.82, 2.24) is 10.1 Å². The molecule has 0 aliphatic carbocycles. The van der Waals surface area contributed by atoms with Crippen LogP contribution in [0.5, 0.6) is 0 Å². The van der Waals surface area contributed by atoms with Crippen molar-refractivity contribution in [2.24, 2.45) is 0 Å². The predicted octanol–water partition coefficient (Wildman–Crippen LogP) is 1.97. The predicted molar refractivity (Wildman–Crippen MR) is 66.4 cm³/mol. The first-order chi connectivity index (χ1) is 8.86. The number of methoxy groups -OCH3 is 1. The maximum absolute atomic E-state index is 5.30. The summed E-state index contributed by atoms with van der Waals surface area (Å²) in [5.74, 6) is 1.35. The van der Waals surface area contributed by atoms with Crippen LogP contribution in [0.15, 0.2) is 28.8 Å². The van der Waals surface area contributed by atoms with Crippen molar-refractivity contribution in [3.05, 3.63) is 41.5 Å². The SMILES string of the molecule is COCCc1noc([C@@H]2Cc3ccccc3N2)n1. The zero-order valence-corrected chi connectivity index (χ0v) is 10.2. The summed E-state index contributed by atoms with van der Waals surface area (Å²) >= 11 is 0. The van der Waals surface area contributed by atoms with Crippen LogP contribution in [0, 0.1) is 0 Å². The lowest BCUT2D eigenvalue weighted by atomic mass is 10.1. The van der Waals surface area contributed by atoms with Crippen molar-refractivity contribution in [3.8, 4) is 0 Å². The molecule has 2 aromatic rings. The fourth-order valence-electron chi connectivity index (χ4n) is 2.15. The Hall–Kier alpha value is -1.88. The van der Waals surface area contributed by atoms with Gasteiger partial charge in [-0.1, -0.05) is 23.4 Å². The van der Waals surface area contributed by atoms with E-state index in [2.05, 4.69) is 27.6 Å². The number of nitrogens with one attached hydrogen (secondary N) is 1. The lowest BCUT2D eigenvalue weighted by molar-refractivity contribution is 0.199. The van der Waals surface area contributed by atoms with Crippen molar-refractivity contribution >= 4 is 5.69 Å². The number of para-hydroxylation sites is 1. The lowest BCUT2D eigenvalue weighted by Crippen LogP contribution is -2.06. The van der Waals surface area contributed by atoms with Crippen LogP contribution in [0.2, 0.25) is 0 Å². The Morgan fingerprint density at radius 1 is 1.44 bits per heavy atom. The summed E-state index contributed by atoms with van der Waals surface area (Å²) in [6, 6.07) is 8.33. The van der Waals surface area contributed by atoms with Crippen molar-refractivity contribution in [1.29, 1.82) is 0 Å². The van der Waals surface area contributed by atoms with Crippen LogP contribution in [0.4, 0.5) is 5.69 Å². The highest BCUT2D eigenvalue weighted by atomic mass is 16.5. The van der Waals surface area contributed by atoms with E-state index < -0.39 is 0 Å². The number of rotatable bonds is 4. The standard InChI is InChI=1S/C13H15N3O2/c1-17-7-6-12-15-13(18-16-12)11-8-9-4-2-3-5-10(9)14-11/h2-5,11,14H,6-8H2,1H3/t11-/m0/s1. The topological polar surface area (TPSA) is 60.2 Å². The maximum Gasteiger partial charge on any atom is 0.249 e. The molecule has 0 spiro atoms. The summed E-state index contributed by atoms with van der Waals surface area (Å²) in [6.07, 6.45) is 1.57. The first kappa shape index (κ1) is 11.2. The largest absolute Gasteiger partial charge is 0.384 e. The molecule has 0 unspecified atom stereocenters. The Labute approximate surface area is 105 Å².